The molecule has 2 aliphatic rings. The average molecular weight is 541 g/mol. The second-order valence-corrected chi connectivity index (χ2v) is 10.2. The van der Waals surface area contributed by atoms with Gasteiger partial charge in [0.25, 0.3) is 0 Å². The minimum absolute atomic E-state index is 0.0598. The Bertz CT molecular complexity index is 892. The van der Waals surface area contributed by atoms with E-state index < -0.39 is 49.8 Å². The summed E-state index contributed by atoms with van der Waals surface area (Å²) < 4.78 is 33.2. The molecule has 214 valence electrons. The molecule has 0 radical (unpaired) electrons. The quantitative estimate of drug-likeness (QED) is 0.216. The number of ketones is 1. The van der Waals surface area contributed by atoms with Gasteiger partial charge in [0.05, 0.1) is 38.4 Å². The lowest BCUT2D eigenvalue weighted by atomic mass is 9.94. The highest BCUT2D eigenvalue weighted by molar-refractivity contribution is 5.84. The zero-order chi connectivity index (χ0) is 27.8. The molecule has 2 saturated heterocycles. The Morgan fingerprint density at radius 2 is 1.68 bits per heavy atom. The zero-order valence-electron chi connectivity index (χ0n) is 22.4. The fraction of sp³-hybridized carbons (Fsp3) is 0.704. The summed E-state index contributed by atoms with van der Waals surface area (Å²) in [6, 6.07) is 5.78. The Morgan fingerprint density at radius 1 is 1.00 bits per heavy atom. The number of carbonyl (C=O) groups excluding carboxylic acids is 2. The first kappa shape index (κ1) is 30.4. The van der Waals surface area contributed by atoms with Gasteiger partial charge in [0.1, 0.15) is 24.6 Å². The summed E-state index contributed by atoms with van der Waals surface area (Å²) in [5.74, 6) is 0.440. The smallest absolute Gasteiger partial charge is 0.432 e. The number of benzene rings is 1. The third-order valence-electron chi connectivity index (χ3n) is 6.49. The van der Waals surface area contributed by atoms with Crippen LogP contribution in [-0.4, -0.2) is 90.7 Å². The molecule has 3 rings (SSSR count). The molecule has 2 fully saturated rings. The Kier molecular flexibility index (Phi) is 11.5. The van der Waals surface area contributed by atoms with E-state index in [9.17, 15) is 24.9 Å². The summed E-state index contributed by atoms with van der Waals surface area (Å²) in [4.78, 5) is 25.1. The third-order valence-corrected chi connectivity index (χ3v) is 6.49. The molecular weight excluding hydrogens is 500 g/mol. The van der Waals surface area contributed by atoms with Gasteiger partial charge in [-0.25, -0.2) is 4.79 Å². The van der Waals surface area contributed by atoms with Gasteiger partial charge in [0.15, 0.2) is 18.4 Å². The molecule has 0 spiro atoms. The lowest BCUT2D eigenvalue weighted by Crippen LogP contribution is -2.52. The van der Waals surface area contributed by atoms with Crippen LogP contribution in [0.15, 0.2) is 18.2 Å². The fourth-order valence-electron chi connectivity index (χ4n) is 4.54. The highest BCUT2D eigenvalue weighted by Gasteiger charge is 2.41. The van der Waals surface area contributed by atoms with Gasteiger partial charge in [-0.05, 0) is 23.0 Å². The molecular formula is C27H40O11. The Labute approximate surface area is 222 Å². The van der Waals surface area contributed by atoms with Crippen LogP contribution in [0.3, 0.4) is 0 Å². The topological polar surface area (TPSA) is 150 Å². The van der Waals surface area contributed by atoms with E-state index in [2.05, 4.69) is 0 Å². The number of ether oxygens (including phenoxy) is 6. The lowest BCUT2D eigenvalue weighted by Gasteiger charge is -2.38. The van der Waals surface area contributed by atoms with E-state index in [1.54, 1.807) is 0 Å². The molecule has 2 aliphatic heterocycles. The molecule has 0 amide bonds. The number of Topliss-reactive ketones (excluding diaryl/α,β-unsaturated/α-hetero) is 1. The average Bonchev–Trinajstić information content (AvgIpc) is 2.87. The molecule has 0 bridgehead atoms. The van der Waals surface area contributed by atoms with Gasteiger partial charge in [-0.2, -0.15) is 0 Å². The van der Waals surface area contributed by atoms with Crippen molar-refractivity contribution in [1.82, 2.24) is 0 Å². The van der Waals surface area contributed by atoms with Gasteiger partial charge >= 0.3 is 6.16 Å². The monoisotopic (exact) mass is 540 g/mol. The first-order valence-electron chi connectivity index (χ1n) is 13.1. The normalized spacial score (nSPS) is 28.1. The van der Waals surface area contributed by atoms with E-state index in [0.717, 1.165) is 11.1 Å². The molecule has 3 N–H and O–H groups in total. The summed E-state index contributed by atoms with van der Waals surface area (Å²) in [7, 11) is 0. The summed E-state index contributed by atoms with van der Waals surface area (Å²) in [6.07, 6.45) is -5.96. The molecule has 0 aliphatic carbocycles. The van der Waals surface area contributed by atoms with E-state index in [1.165, 1.54) is 0 Å². The fourth-order valence-corrected chi connectivity index (χ4v) is 4.54. The van der Waals surface area contributed by atoms with E-state index in [-0.39, 0.29) is 56.7 Å². The van der Waals surface area contributed by atoms with Crippen molar-refractivity contribution in [3.05, 3.63) is 29.3 Å². The van der Waals surface area contributed by atoms with Crippen LogP contribution in [0.2, 0.25) is 0 Å². The molecule has 11 nitrogen and oxygen atoms in total. The van der Waals surface area contributed by atoms with Crippen molar-refractivity contribution in [3.63, 3.8) is 0 Å². The van der Waals surface area contributed by atoms with E-state index >= 15 is 0 Å². The minimum atomic E-state index is -1.11. The van der Waals surface area contributed by atoms with Crippen LogP contribution in [0.5, 0.6) is 5.75 Å². The lowest BCUT2D eigenvalue weighted by molar-refractivity contribution is -0.278. The number of aliphatic hydroxyl groups is 3. The van der Waals surface area contributed by atoms with Gasteiger partial charge in [-0.3, -0.25) is 4.79 Å². The number of rotatable bonds is 11. The largest absolute Gasteiger partial charge is 0.513 e. The molecule has 2 unspecified atom stereocenters. The standard InChI is InChI=1S/C27H40O11/c1-15(2)19-6-5-7-20(16(3)4)25(19)38-27(32)34-9-8-33-23-12-21(31)26(22(14-29)36-23)37-24-11-17(30)10-18(13-28)35-24/h5-7,15-18,22-24,26,28-30H,8-14H2,1-4H3/t17-,18?,22?,23+,24+,26-/m0/s1. The van der Waals surface area contributed by atoms with Crippen LogP contribution < -0.4 is 4.74 Å². The molecule has 0 aromatic heterocycles. The summed E-state index contributed by atoms with van der Waals surface area (Å²) in [5.41, 5.74) is 1.82. The highest BCUT2D eigenvalue weighted by atomic mass is 16.7. The first-order valence-corrected chi connectivity index (χ1v) is 13.1. The molecule has 11 heteroatoms. The maximum absolute atomic E-state index is 12.7. The number of carbonyl (C=O) groups is 2. The van der Waals surface area contributed by atoms with Gasteiger partial charge < -0.3 is 43.7 Å². The predicted molar refractivity (Wildman–Crippen MR) is 134 cm³/mol. The maximum Gasteiger partial charge on any atom is 0.513 e. The molecule has 1 aromatic rings. The first-order chi connectivity index (χ1) is 18.1. The van der Waals surface area contributed by atoms with Crippen LogP contribution in [0.25, 0.3) is 0 Å². The van der Waals surface area contributed by atoms with E-state index in [4.69, 9.17) is 28.4 Å². The predicted octanol–water partition coefficient (Wildman–Crippen LogP) is 2.39. The minimum Gasteiger partial charge on any atom is -0.432 e. The van der Waals surface area contributed by atoms with Crippen molar-refractivity contribution in [3.8, 4) is 5.75 Å². The van der Waals surface area contributed by atoms with Crippen LogP contribution in [0.4, 0.5) is 4.79 Å². The Balaban J connectivity index is 1.47. The molecule has 1 aromatic carbocycles. The van der Waals surface area contributed by atoms with Gasteiger partial charge in [-0.1, -0.05) is 45.9 Å². The molecule has 2 heterocycles. The molecule has 6 atom stereocenters. The van der Waals surface area contributed by atoms with E-state index in [0.29, 0.717) is 5.75 Å². The highest BCUT2D eigenvalue weighted by Crippen LogP contribution is 2.34. The Morgan fingerprint density at radius 3 is 2.29 bits per heavy atom. The number of hydrogen-bond donors (Lipinski definition) is 3. The van der Waals surface area contributed by atoms with Crippen molar-refractivity contribution in [2.24, 2.45) is 0 Å². The van der Waals surface area contributed by atoms with Gasteiger partial charge in [0.2, 0.25) is 0 Å². The Hall–Kier alpha value is -2.12. The van der Waals surface area contributed by atoms with Gasteiger partial charge in [-0.15, -0.1) is 0 Å². The van der Waals surface area contributed by atoms with Crippen LogP contribution in [0, 0.1) is 0 Å². The molecule has 0 saturated carbocycles. The van der Waals surface area contributed by atoms with Crippen LogP contribution in [0.1, 0.15) is 69.9 Å². The number of hydrogen-bond acceptors (Lipinski definition) is 11. The zero-order valence-corrected chi connectivity index (χ0v) is 22.4. The number of aliphatic hydroxyl groups excluding tert-OH is 3. The van der Waals surface area contributed by atoms with Crippen molar-refractivity contribution in [1.29, 1.82) is 0 Å². The summed E-state index contributed by atoms with van der Waals surface area (Å²) in [6.45, 7) is 7.08. The van der Waals surface area contributed by atoms with Crippen LogP contribution >= 0.6 is 0 Å². The summed E-state index contributed by atoms with van der Waals surface area (Å²) >= 11 is 0. The third kappa shape index (κ3) is 8.19. The van der Waals surface area contributed by atoms with Crippen molar-refractivity contribution in [2.45, 2.75) is 95.8 Å². The second kappa shape index (κ2) is 14.3. The van der Waals surface area contributed by atoms with Crippen molar-refractivity contribution < 1.29 is 53.3 Å². The van der Waals surface area contributed by atoms with E-state index in [1.807, 2.05) is 45.9 Å². The van der Waals surface area contributed by atoms with Crippen molar-refractivity contribution in [2.75, 3.05) is 26.4 Å². The van der Waals surface area contributed by atoms with Gasteiger partial charge in [0, 0.05) is 12.8 Å². The number of para-hydroxylation sites is 1. The van der Waals surface area contributed by atoms with Crippen LogP contribution in [-0.2, 0) is 28.5 Å². The summed E-state index contributed by atoms with van der Waals surface area (Å²) in [5, 5.41) is 29.0. The van der Waals surface area contributed by atoms with Crippen molar-refractivity contribution >= 4 is 11.9 Å². The maximum atomic E-state index is 12.7. The molecule has 38 heavy (non-hydrogen) atoms. The SMILES string of the molecule is CC(C)c1cccc(C(C)C)c1OC(=O)OCCO[C@H]1CC(=O)[C@H](O[C@@H]2C[C@@H](O)CC(CO)O2)C(CO)O1. The second-order valence-electron chi connectivity index (χ2n) is 10.2.